The largest absolute Gasteiger partial charge is 0.283 e. The van der Waals surface area contributed by atoms with Gasteiger partial charge >= 0.3 is 0 Å². The predicted octanol–water partition coefficient (Wildman–Crippen LogP) is 4.77. The number of hydrogen-bond acceptors (Lipinski definition) is 5. The van der Waals surface area contributed by atoms with E-state index in [1.54, 1.807) is 18.3 Å². The minimum absolute atomic E-state index is 0.224. The average molecular weight is 420 g/mol. The van der Waals surface area contributed by atoms with Gasteiger partial charge in [-0.2, -0.15) is 10.1 Å². The predicted molar refractivity (Wildman–Crippen MR) is 123 cm³/mol. The van der Waals surface area contributed by atoms with Crippen LogP contribution in [-0.4, -0.2) is 32.5 Å². The molecule has 1 aliphatic heterocycles. The molecule has 0 spiro atoms. The number of hydrogen-bond donors (Lipinski definition) is 0. The molecule has 0 bridgehead atoms. The summed E-state index contributed by atoms with van der Waals surface area (Å²) in [5, 5.41) is 6.18. The van der Waals surface area contributed by atoms with E-state index in [0.717, 1.165) is 32.8 Å². The van der Waals surface area contributed by atoms with Gasteiger partial charge in [-0.1, -0.05) is 60.2 Å². The fraction of sp³-hybridized carbons (Fsp3) is 0.115. The molecule has 2 amide bonds. The van der Waals surface area contributed by atoms with Crippen LogP contribution < -0.4 is 0 Å². The normalized spacial score (nSPS) is 13.8. The molecule has 2 aromatic carbocycles. The van der Waals surface area contributed by atoms with Gasteiger partial charge in [0.1, 0.15) is 0 Å². The first-order valence-corrected chi connectivity index (χ1v) is 10.4. The van der Waals surface area contributed by atoms with E-state index >= 15 is 0 Å². The zero-order valence-electron chi connectivity index (χ0n) is 17.5. The molecule has 4 aromatic rings. The third kappa shape index (κ3) is 3.67. The molecule has 0 N–H and O–H groups in total. The first-order valence-electron chi connectivity index (χ1n) is 10.4. The van der Waals surface area contributed by atoms with E-state index in [2.05, 4.69) is 15.1 Å². The lowest BCUT2D eigenvalue weighted by Gasteiger charge is -2.23. The standard InChI is InChI=1S/C26H20N4O2/c1-17-9-11-18(12-10-17)22-13-14-23(31)30(29-22)26(32)21-16-20-8-5-15-27-25(20)28-24(21)19-6-3-2-4-7-19/h2-12,15-16H,13-14H2,1H3. The van der Waals surface area contributed by atoms with Crippen LogP contribution in [0.15, 0.2) is 84.1 Å². The van der Waals surface area contributed by atoms with E-state index in [-0.39, 0.29) is 12.3 Å². The second kappa shape index (κ2) is 8.15. The van der Waals surface area contributed by atoms with Gasteiger partial charge in [-0.3, -0.25) is 9.59 Å². The number of amides is 2. The molecule has 6 nitrogen and oxygen atoms in total. The Balaban J connectivity index is 1.62. The van der Waals surface area contributed by atoms with Crippen molar-refractivity contribution in [2.45, 2.75) is 19.8 Å². The molecule has 0 saturated carbocycles. The second-order valence-corrected chi connectivity index (χ2v) is 7.72. The van der Waals surface area contributed by atoms with Crippen molar-refractivity contribution in [2.24, 2.45) is 5.10 Å². The van der Waals surface area contributed by atoms with E-state index in [4.69, 9.17) is 0 Å². The summed E-state index contributed by atoms with van der Waals surface area (Å²) in [6.45, 7) is 2.01. The highest BCUT2D eigenvalue weighted by molar-refractivity contribution is 6.13. The summed E-state index contributed by atoms with van der Waals surface area (Å²) in [4.78, 5) is 35.3. The number of carbonyl (C=O) groups excluding carboxylic acids is 2. The number of benzene rings is 2. The smallest absolute Gasteiger partial charge is 0.272 e. The maximum absolute atomic E-state index is 13.6. The molecular weight excluding hydrogens is 400 g/mol. The van der Waals surface area contributed by atoms with Crippen LogP contribution in [-0.2, 0) is 4.79 Å². The fourth-order valence-corrected chi connectivity index (χ4v) is 3.76. The molecule has 156 valence electrons. The minimum Gasteiger partial charge on any atom is -0.272 e. The second-order valence-electron chi connectivity index (χ2n) is 7.72. The lowest BCUT2D eigenvalue weighted by atomic mass is 10.0. The molecular formula is C26H20N4O2. The number of aromatic nitrogens is 2. The molecule has 2 aromatic heterocycles. The fourth-order valence-electron chi connectivity index (χ4n) is 3.76. The number of rotatable bonds is 3. The number of fused-ring (bicyclic) bond motifs is 1. The molecule has 3 heterocycles. The van der Waals surface area contributed by atoms with Gasteiger partial charge in [0.05, 0.1) is 17.0 Å². The monoisotopic (exact) mass is 420 g/mol. The first-order chi connectivity index (χ1) is 15.6. The number of pyridine rings is 2. The summed E-state index contributed by atoms with van der Waals surface area (Å²) in [6, 6.07) is 22.7. The van der Waals surface area contributed by atoms with Crippen LogP contribution in [0.25, 0.3) is 22.3 Å². The molecule has 0 saturated heterocycles. The number of carbonyl (C=O) groups is 2. The van der Waals surface area contributed by atoms with Crippen LogP contribution in [0.1, 0.15) is 34.3 Å². The Kier molecular flexibility index (Phi) is 5.03. The Morgan fingerprint density at radius 3 is 2.47 bits per heavy atom. The van der Waals surface area contributed by atoms with E-state index in [0.29, 0.717) is 23.3 Å². The first kappa shape index (κ1) is 19.8. The molecule has 0 fully saturated rings. The molecule has 0 atom stereocenters. The van der Waals surface area contributed by atoms with Crippen LogP contribution in [0, 0.1) is 6.92 Å². The molecule has 0 unspecified atom stereocenters. The van der Waals surface area contributed by atoms with Crippen LogP contribution in [0.4, 0.5) is 0 Å². The maximum atomic E-state index is 13.6. The Labute approximate surface area is 185 Å². The van der Waals surface area contributed by atoms with Gasteiger partial charge in [0.2, 0.25) is 0 Å². The van der Waals surface area contributed by atoms with Gasteiger partial charge in [-0.25, -0.2) is 9.97 Å². The van der Waals surface area contributed by atoms with Gasteiger partial charge in [0.15, 0.2) is 5.65 Å². The Morgan fingerprint density at radius 1 is 0.906 bits per heavy atom. The zero-order chi connectivity index (χ0) is 22.1. The van der Waals surface area contributed by atoms with Crippen molar-refractivity contribution in [1.29, 1.82) is 0 Å². The van der Waals surface area contributed by atoms with E-state index in [9.17, 15) is 9.59 Å². The summed E-state index contributed by atoms with van der Waals surface area (Å²) in [5.74, 6) is -0.812. The Morgan fingerprint density at radius 2 is 1.69 bits per heavy atom. The van der Waals surface area contributed by atoms with Gasteiger partial charge < -0.3 is 0 Å². The van der Waals surface area contributed by atoms with Gasteiger partial charge in [0, 0.05) is 30.0 Å². The van der Waals surface area contributed by atoms with Crippen molar-refractivity contribution in [1.82, 2.24) is 15.0 Å². The van der Waals surface area contributed by atoms with Crippen molar-refractivity contribution < 1.29 is 9.59 Å². The Hall–Kier alpha value is -4.19. The van der Waals surface area contributed by atoms with Gasteiger partial charge in [-0.15, -0.1) is 0 Å². The quantitative estimate of drug-likeness (QED) is 0.447. The number of aryl methyl sites for hydroxylation is 1. The van der Waals surface area contributed by atoms with Crippen molar-refractivity contribution in [3.05, 3.63) is 95.7 Å². The van der Waals surface area contributed by atoms with Gasteiger partial charge in [0.25, 0.3) is 11.8 Å². The van der Waals surface area contributed by atoms with Crippen molar-refractivity contribution in [2.75, 3.05) is 0 Å². The summed E-state index contributed by atoms with van der Waals surface area (Å²) < 4.78 is 0. The summed E-state index contributed by atoms with van der Waals surface area (Å²) in [7, 11) is 0. The molecule has 32 heavy (non-hydrogen) atoms. The number of imide groups is 1. The average Bonchev–Trinajstić information content (AvgIpc) is 2.84. The third-order valence-corrected chi connectivity index (χ3v) is 5.48. The molecule has 0 radical (unpaired) electrons. The van der Waals surface area contributed by atoms with Crippen molar-refractivity contribution in [3.63, 3.8) is 0 Å². The van der Waals surface area contributed by atoms with Crippen LogP contribution in [0.2, 0.25) is 0 Å². The third-order valence-electron chi connectivity index (χ3n) is 5.48. The maximum Gasteiger partial charge on any atom is 0.283 e. The number of nitrogens with zero attached hydrogens (tertiary/aromatic N) is 4. The lowest BCUT2D eigenvalue weighted by molar-refractivity contribution is -0.129. The lowest BCUT2D eigenvalue weighted by Crippen LogP contribution is -2.37. The highest BCUT2D eigenvalue weighted by Crippen LogP contribution is 2.27. The van der Waals surface area contributed by atoms with Crippen LogP contribution >= 0.6 is 0 Å². The number of hydrazone groups is 1. The van der Waals surface area contributed by atoms with E-state index in [1.807, 2.05) is 67.6 Å². The van der Waals surface area contributed by atoms with Crippen LogP contribution in [0.5, 0.6) is 0 Å². The SMILES string of the molecule is Cc1ccc(C2=NN(C(=O)c3cc4cccnc4nc3-c3ccccc3)C(=O)CC2)cc1. The topological polar surface area (TPSA) is 75.5 Å². The Bertz CT molecular complexity index is 1360. The molecule has 0 aliphatic carbocycles. The van der Waals surface area contributed by atoms with Gasteiger partial charge in [-0.05, 0) is 30.7 Å². The molecule has 6 heteroatoms. The highest BCUT2D eigenvalue weighted by atomic mass is 16.2. The summed E-state index contributed by atoms with van der Waals surface area (Å²) in [6.07, 6.45) is 2.39. The van der Waals surface area contributed by atoms with Crippen LogP contribution in [0.3, 0.4) is 0 Å². The van der Waals surface area contributed by atoms with Crippen molar-refractivity contribution in [3.8, 4) is 11.3 Å². The van der Waals surface area contributed by atoms with Crippen molar-refractivity contribution >= 4 is 28.6 Å². The highest BCUT2D eigenvalue weighted by Gasteiger charge is 2.30. The molecule has 1 aliphatic rings. The minimum atomic E-state index is -0.489. The molecule has 5 rings (SSSR count). The van der Waals surface area contributed by atoms with E-state index < -0.39 is 5.91 Å². The summed E-state index contributed by atoms with van der Waals surface area (Å²) in [5.41, 5.74) is 4.87. The van der Waals surface area contributed by atoms with E-state index in [1.165, 1.54) is 0 Å². The summed E-state index contributed by atoms with van der Waals surface area (Å²) >= 11 is 0. The zero-order valence-corrected chi connectivity index (χ0v) is 17.5.